The maximum Gasteiger partial charge on any atom is 0.222 e. The van der Waals surface area contributed by atoms with Crippen LogP contribution >= 0.6 is 0 Å². The van der Waals surface area contributed by atoms with Crippen molar-refractivity contribution in [2.24, 2.45) is 5.41 Å². The van der Waals surface area contributed by atoms with E-state index in [9.17, 15) is 4.79 Å². The summed E-state index contributed by atoms with van der Waals surface area (Å²) < 4.78 is 0. The van der Waals surface area contributed by atoms with Crippen molar-refractivity contribution in [2.75, 3.05) is 31.1 Å². The van der Waals surface area contributed by atoms with Gasteiger partial charge in [0.15, 0.2) is 0 Å². The lowest BCUT2D eigenvalue weighted by Crippen LogP contribution is -2.54. The second-order valence-electron chi connectivity index (χ2n) is 7.82. The Morgan fingerprint density at radius 2 is 2.23 bits per heavy atom. The van der Waals surface area contributed by atoms with E-state index in [0.717, 1.165) is 50.4 Å². The first-order chi connectivity index (χ1) is 12.6. The molecule has 1 amide bonds. The number of aryl methyl sites for hydroxylation is 1. The highest BCUT2D eigenvalue weighted by Gasteiger charge is 2.41. The zero-order chi connectivity index (χ0) is 18.0. The predicted octanol–water partition coefficient (Wildman–Crippen LogP) is 2.56. The first-order valence-electron chi connectivity index (χ1n) is 9.56. The topological polar surface area (TPSA) is 65.1 Å². The van der Waals surface area contributed by atoms with Gasteiger partial charge in [-0.15, -0.1) is 0 Å². The minimum atomic E-state index is 0.220. The van der Waals surface area contributed by atoms with Crippen LogP contribution in [0, 0.1) is 12.3 Å². The number of rotatable bonds is 4. The van der Waals surface area contributed by atoms with E-state index in [-0.39, 0.29) is 5.41 Å². The third-order valence-electron chi connectivity index (χ3n) is 5.86. The quantitative estimate of drug-likeness (QED) is 0.917. The van der Waals surface area contributed by atoms with Crippen molar-refractivity contribution in [1.29, 1.82) is 0 Å². The van der Waals surface area contributed by atoms with Crippen LogP contribution in [0.25, 0.3) is 0 Å². The molecule has 1 spiro atoms. The number of likely N-dealkylation sites (tertiary alicyclic amines) is 1. The Hall–Kier alpha value is -2.37. The number of H-pyrrole nitrogens is 1. The number of aromatic amines is 1. The summed E-state index contributed by atoms with van der Waals surface area (Å²) in [6.07, 6.45) is 10.4. The number of hydrogen-bond acceptors (Lipinski definition) is 4. The van der Waals surface area contributed by atoms with Crippen LogP contribution in [0.4, 0.5) is 5.69 Å². The molecule has 2 aliphatic rings. The lowest BCUT2D eigenvalue weighted by molar-refractivity contribution is -0.137. The minimum absolute atomic E-state index is 0.220. The Balaban J connectivity index is 1.45. The molecule has 0 aliphatic carbocycles. The van der Waals surface area contributed by atoms with Gasteiger partial charge < -0.3 is 14.8 Å². The van der Waals surface area contributed by atoms with Gasteiger partial charge >= 0.3 is 0 Å². The highest BCUT2D eigenvalue weighted by molar-refractivity contribution is 5.77. The van der Waals surface area contributed by atoms with Crippen LogP contribution in [0.2, 0.25) is 0 Å². The van der Waals surface area contributed by atoms with E-state index in [2.05, 4.69) is 36.9 Å². The van der Waals surface area contributed by atoms with Crippen LogP contribution in [0.1, 0.15) is 37.1 Å². The normalized spacial score (nSPS) is 23.7. The van der Waals surface area contributed by atoms with Crippen molar-refractivity contribution < 1.29 is 4.79 Å². The van der Waals surface area contributed by atoms with Gasteiger partial charge in [0, 0.05) is 73.9 Å². The van der Waals surface area contributed by atoms with Crippen molar-refractivity contribution in [2.45, 2.75) is 39.0 Å². The number of carbonyl (C=O) groups excluding carboxylic acids is 1. The molecular weight excluding hydrogens is 326 g/mol. The smallest absolute Gasteiger partial charge is 0.222 e. The highest BCUT2D eigenvalue weighted by Crippen LogP contribution is 2.40. The third kappa shape index (κ3) is 3.59. The molecule has 4 heterocycles. The Labute approximate surface area is 154 Å². The molecule has 2 aromatic rings. The number of carbonyl (C=O) groups is 1. The Kier molecular flexibility index (Phi) is 4.66. The number of nitrogens with zero attached hydrogens (tertiary/aromatic N) is 4. The highest BCUT2D eigenvalue weighted by atomic mass is 16.2. The average molecular weight is 353 g/mol. The summed E-state index contributed by atoms with van der Waals surface area (Å²) in [5.74, 6) is 0.298. The van der Waals surface area contributed by atoms with Gasteiger partial charge in [-0.05, 0) is 38.3 Å². The molecule has 138 valence electrons. The lowest BCUT2D eigenvalue weighted by atomic mass is 9.73. The van der Waals surface area contributed by atoms with E-state index < -0.39 is 0 Å². The van der Waals surface area contributed by atoms with Gasteiger partial charge in [-0.1, -0.05) is 0 Å². The summed E-state index contributed by atoms with van der Waals surface area (Å²) in [5.41, 5.74) is 3.63. The summed E-state index contributed by atoms with van der Waals surface area (Å²) in [6, 6.07) is 4.28. The fourth-order valence-electron chi connectivity index (χ4n) is 4.47. The van der Waals surface area contributed by atoms with Gasteiger partial charge in [0.05, 0.1) is 6.33 Å². The lowest BCUT2D eigenvalue weighted by Gasteiger charge is -2.49. The summed E-state index contributed by atoms with van der Waals surface area (Å²) in [4.78, 5) is 28.5. The molecule has 6 nitrogen and oxygen atoms in total. The van der Waals surface area contributed by atoms with Crippen molar-refractivity contribution >= 4 is 11.6 Å². The zero-order valence-electron chi connectivity index (χ0n) is 15.4. The van der Waals surface area contributed by atoms with Gasteiger partial charge in [0.25, 0.3) is 0 Å². The van der Waals surface area contributed by atoms with Crippen LogP contribution in [-0.4, -0.2) is 51.9 Å². The van der Waals surface area contributed by atoms with E-state index in [1.165, 1.54) is 18.5 Å². The zero-order valence-corrected chi connectivity index (χ0v) is 15.4. The van der Waals surface area contributed by atoms with Crippen LogP contribution in [0.5, 0.6) is 0 Å². The van der Waals surface area contributed by atoms with Crippen LogP contribution in [0.3, 0.4) is 0 Å². The molecule has 0 saturated carbocycles. The number of piperidine rings is 2. The molecule has 2 aromatic heterocycles. The fraction of sp³-hybridized carbons (Fsp3) is 0.550. The number of amides is 1. The monoisotopic (exact) mass is 353 g/mol. The largest absolute Gasteiger partial charge is 0.371 e. The number of imidazole rings is 1. The number of nitrogens with one attached hydrogen (secondary N) is 1. The molecule has 1 N–H and O–H groups in total. The average Bonchev–Trinajstić information content (AvgIpc) is 3.17. The number of aromatic nitrogens is 3. The molecule has 2 fully saturated rings. The number of pyridine rings is 1. The Bertz CT molecular complexity index is 759. The maximum atomic E-state index is 12.5. The fourth-order valence-corrected chi connectivity index (χ4v) is 4.47. The molecule has 26 heavy (non-hydrogen) atoms. The molecule has 2 aliphatic heterocycles. The van der Waals surface area contributed by atoms with E-state index >= 15 is 0 Å². The number of anilines is 1. The van der Waals surface area contributed by atoms with Gasteiger partial charge in [-0.25, -0.2) is 4.98 Å². The summed E-state index contributed by atoms with van der Waals surface area (Å²) in [5, 5.41) is 0. The minimum Gasteiger partial charge on any atom is -0.371 e. The SMILES string of the molecule is Cc1cc(N2CCC[C@]3(CCC(=O)N(CCc4cnc[nH]4)C3)C2)ccn1. The van der Waals surface area contributed by atoms with E-state index in [0.29, 0.717) is 12.3 Å². The molecule has 4 rings (SSSR count). The molecule has 1 atom stereocenters. The van der Waals surface area contributed by atoms with Crippen LogP contribution in [0.15, 0.2) is 30.9 Å². The summed E-state index contributed by atoms with van der Waals surface area (Å²) in [7, 11) is 0. The Morgan fingerprint density at radius 1 is 1.31 bits per heavy atom. The molecule has 2 saturated heterocycles. The molecule has 0 bridgehead atoms. The van der Waals surface area contributed by atoms with Gasteiger partial charge in [0.1, 0.15) is 0 Å². The third-order valence-corrected chi connectivity index (χ3v) is 5.86. The van der Waals surface area contributed by atoms with Crippen molar-refractivity contribution in [3.63, 3.8) is 0 Å². The van der Waals surface area contributed by atoms with E-state index in [1.54, 1.807) is 6.33 Å². The second kappa shape index (κ2) is 7.09. The van der Waals surface area contributed by atoms with Crippen molar-refractivity contribution in [3.8, 4) is 0 Å². The van der Waals surface area contributed by atoms with E-state index in [4.69, 9.17) is 0 Å². The van der Waals surface area contributed by atoms with Crippen molar-refractivity contribution in [1.82, 2.24) is 19.9 Å². The van der Waals surface area contributed by atoms with Crippen molar-refractivity contribution in [3.05, 3.63) is 42.2 Å². The summed E-state index contributed by atoms with van der Waals surface area (Å²) >= 11 is 0. The van der Waals surface area contributed by atoms with Gasteiger partial charge in [-0.3, -0.25) is 9.78 Å². The van der Waals surface area contributed by atoms with Crippen LogP contribution < -0.4 is 4.90 Å². The maximum absolute atomic E-state index is 12.5. The van der Waals surface area contributed by atoms with E-state index in [1.807, 2.05) is 19.3 Å². The molecular formula is C20H27N5O. The van der Waals surface area contributed by atoms with Gasteiger partial charge in [0.2, 0.25) is 5.91 Å². The second-order valence-corrected chi connectivity index (χ2v) is 7.82. The predicted molar refractivity (Wildman–Crippen MR) is 101 cm³/mol. The first-order valence-corrected chi connectivity index (χ1v) is 9.56. The molecule has 0 unspecified atom stereocenters. The number of hydrogen-bond donors (Lipinski definition) is 1. The standard InChI is InChI=1S/C20H27N5O/c1-16-11-18(4-8-22-16)24-9-2-6-20(13-24)7-3-19(26)25(14-20)10-5-17-12-21-15-23-17/h4,8,11-12,15H,2-3,5-7,9-10,13-14H2,1H3,(H,21,23)/t20-/m0/s1. The molecule has 0 radical (unpaired) electrons. The molecule has 0 aromatic carbocycles. The van der Waals surface area contributed by atoms with Crippen LogP contribution in [-0.2, 0) is 11.2 Å². The first kappa shape index (κ1) is 17.1. The van der Waals surface area contributed by atoms with Gasteiger partial charge in [-0.2, -0.15) is 0 Å². The summed E-state index contributed by atoms with van der Waals surface area (Å²) in [6.45, 7) is 5.81. The molecule has 6 heteroatoms. The Morgan fingerprint density at radius 3 is 3.04 bits per heavy atom.